The maximum Gasteiger partial charge on any atom is 0.306 e. The summed E-state index contributed by atoms with van der Waals surface area (Å²) >= 11 is 0. The van der Waals surface area contributed by atoms with Crippen LogP contribution in [0.1, 0.15) is 245 Å². The molecule has 436 valence electrons. The predicted molar refractivity (Wildman–Crippen MR) is 338 cm³/mol. The summed E-state index contributed by atoms with van der Waals surface area (Å²) in [6, 6.07) is 0. The average molecular weight is 1070 g/mol. The van der Waals surface area contributed by atoms with E-state index in [-0.39, 0.29) is 38.0 Å². The average Bonchev–Trinajstić information content (AvgIpc) is 3.44. The number of esters is 3. The second-order valence-electron chi connectivity index (χ2n) is 19.9. The molecule has 1 unspecified atom stereocenters. The molecule has 0 spiro atoms. The monoisotopic (exact) mass is 1070 g/mol. The van der Waals surface area contributed by atoms with Gasteiger partial charge in [0.1, 0.15) is 13.2 Å². The van der Waals surface area contributed by atoms with Gasteiger partial charge in [0.15, 0.2) is 6.10 Å². The van der Waals surface area contributed by atoms with E-state index in [0.717, 1.165) is 122 Å². The summed E-state index contributed by atoms with van der Waals surface area (Å²) in [6.45, 7) is 6.31. The van der Waals surface area contributed by atoms with E-state index in [1.165, 1.54) is 70.6 Å². The molecule has 0 aliphatic rings. The lowest BCUT2D eigenvalue weighted by Gasteiger charge is -2.18. The smallest absolute Gasteiger partial charge is 0.306 e. The first-order valence-electron chi connectivity index (χ1n) is 31.1. The van der Waals surface area contributed by atoms with Crippen LogP contribution in [-0.4, -0.2) is 37.2 Å². The van der Waals surface area contributed by atoms with Crippen LogP contribution in [0.2, 0.25) is 0 Å². The fraction of sp³-hybridized carbons (Fsp3) is 0.569. The normalized spacial score (nSPS) is 13.3. The topological polar surface area (TPSA) is 78.9 Å². The standard InChI is InChI=1S/C72H112O6/c1-4-7-10-13-16-19-22-25-28-30-32-33-34-35-36-37-38-39-41-42-44-47-50-53-56-59-62-65-71(74)77-68-69(67-76-70(73)64-61-58-55-52-49-46-27-24-21-18-15-12-9-6-3)78-72(75)66-63-60-57-54-51-48-45-43-40-31-29-26-23-20-17-14-11-8-5-2/h7-8,10-11,16-17,19-20,25-26,28-29,32-33,35-36,38-40,42-44,48,50-51,53,57,60,69H,4-6,9,12-15,18,21-24,27,30-31,34,37,41,45-47,49,52,54-56,58-59,61-68H2,1-3H3/b10-7-,11-8-,19-16-,20-17-,28-25-,29-26-,33-32-,36-35-,39-38-,43-40-,44-42-,51-48-,53-50-,60-57-. The van der Waals surface area contributed by atoms with Gasteiger partial charge in [-0.1, -0.05) is 274 Å². The van der Waals surface area contributed by atoms with Gasteiger partial charge < -0.3 is 14.2 Å². The number of ether oxygens (including phenoxy) is 3. The van der Waals surface area contributed by atoms with Crippen LogP contribution in [0.4, 0.5) is 0 Å². The molecule has 0 saturated heterocycles. The van der Waals surface area contributed by atoms with Crippen LogP contribution in [-0.2, 0) is 28.6 Å². The first-order valence-corrected chi connectivity index (χ1v) is 31.1. The van der Waals surface area contributed by atoms with E-state index in [0.29, 0.717) is 19.3 Å². The molecule has 0 aliphatic carbocycles. The summed E-state index contributed by atoms with van der Waals surface area (Å²) in [5.74, 6) is -1.06. The maximum atomic E-state index is 12.9. The predicted octanol–water partition coefficient (Wildman–Crippen LogP) is 21.5. The van der Waals surface area contributed by atoms with Gasteiger partial charge in [0.05, 0.1) is 0 Å². The number of carbonyl (C=O) groups is 3. The molecule has 0 saturated carbocycles. The SMILES string of the molecule is CC/C=C\C/C=C\C/C=C\C/C=C\C/C=C\C/C=C\C/C=C\C/C=C\CCCCC(=O)OCC(COC(=O)CCCCCCCCCCCCCCCC)OC(=O)CC/C=C\C/C=C\C/C=C\C/C=C\C/C=C\C/C=C\CC. The van der Waals surface area contributed by atoms with Crippen molar-refractivity contribution in [1.29, 1.82) is 0 Å². The van der Waals surface area contributed by atoms with Crippen molar-refractivity contribution in [2.45, 2.75) is 252 Å². The van der Waals surface area contributed by atoms with Crippen molar-refractivity contribution >= 4 is 17.9 Å². The molecule has 0 amide bonds. The second kappa shape index (κ2) is 64.3. The van der Waals surface area contributed by atoms with Crippen LogP contribution in [0, 0.1) is 0 Å². The van der Waals surface area contributed by atoms with Gasteiger partial charge in [0.25, 0.3) is 0 Å². The molecule has 0 N–H and O–H groups in total. The highest BCUT2D eigenvalue weighted by Gasteiger charge is 2.19. The van der Waals surface area contributed by atoms with Crippen molar-refractivity contribution in [2.75, 3.05) is 13.2 Å². The van der Waals surface area contributed by atoms with E-state index in [1.54, 1.807) is 0 Å². The Kier molecular flexibility index (Phi) is 60.0. The summed E-state index contributed by atoms with van der Waals surface area (Å²) in [4.78, 5) is 38.2. The molecule has 0 fully saturated rings. The van der Waals surface area contributed by atoms with Crippen LogP contribution in [0.5, 0.6) is 0 Å². The van der Waals surface area contributed by atoms with Crippen LogP contribution >= 0.6 is 0 Å². The van der Waals surface area contributed by atoms with E-state index in [1.807, 2.05) is 12.2 Å². The zero-order chi connectivity index (χ0) is 56.4. The molecule has 6 nitrogen and oxygen atoms in total. The molecule has 0 bridgehead atoms. The molecule has 0 aliphatic heterocycles. The van der Waals surface area contributed by atoms with Gasteiger partial charge >= 0.3 is 17.9 Å². The number of unbranched alkanes of at least 4 members (excludes halogenated alkanes) is 15. The number of allylic oxidation sites excluding steroid dienone is 28. The van der Waals surface area contributed by atoms with E-state index in [9.17, 15) is 14.4 Å². The van der Waals surface area contributed by atoms with E-state index >= 15 is 0 Å². The molecular formula is C72H112O6. The molecule has 1 atom stereocenters. The Labute approximate surface area is 479 Å². The second-order valence-corrected chi connectivity index (χ2v) is 19.9. The summed E-state index contributed by atoms with van der Waals surface area (Å²) in [5, 5.41) is 0. The third kappa shape index (κ3) is 61.6. The van der Waals surface area contributed by atoms with E-state index < -0.39 is 12.1 Å². The number of hydrogen-bond donors (Lipinski definition) is 0. The van der Waals surface area contributed by atoms with Crippen molar-refractivity contribution in [3.63, 3.8) is 0 Å². The molecule has 0 radical (unpaired) electrons. The minimum Gasteiger partial charge on any atom is -0.462 e. The van der Waals surface area contributed by atoms with Crippen molar-refractivity contribution < 1.29 is 28.6 Å². The zero-order valence-corrected chi connectivity index (χ0v) is 49.9. The van der Waals surface area contributed by atoms with Crippen molar-refractivity contribution in [3.8, 4) is 0 Å². The first kappa shape index (κ1) is 72.8. The fourth-order valence-electron chi connectivity index (χ4n) is 7.89. The van der Waals surface area contributed by atoms with Gasteiger partial charge in [-0.25, -0.2) is 0 Å². The Morgan fingerprint density at radius 1 is 0.269 bits per heavy atom. The van der Waals surface area contributed by atoms with Crippen LogP contribution in [0.15, 0.2) is 170 Å². The Bertz CT molecular complexity index is 1810. The largest absolute Gasteiger partial charge is 0.462 e. The molecule has 0 aromatic rings. The van der Waals surface area contributed by atoms with Gasteiger partial charge in [-0.3, -0.25) is 14.4 Å². The molecule has 0 rings (SSSR count). The van der Waals surface area contributed by atoms with Crippen LogP contribution < -0.4 is 0 Å². The van der Waals surface area contributed by atoms with Crippen molar-refractivity contribution in [3.05, 3.63) is 170 Å². The van der Waals surface area contributed by atoms with Gasteiger partial charge in [-0.2, -0.15) is 0 Å². The Balaban J connectivity index is 4.56. The molecular weight excluding hydrogens is 961 g/mol. The van der Waals surface area contributed by atoms with Crippen molar-refractivity contribution in [2.24, 2.45) is 0 Å². The lowest BCUT2D eigenvalue weighted by atomic mass is 10.0. The minimum atomic E-state index is -0.845. The molecule has 0 aromatic heterocycles. The Hall–Kier alpha value is -5.23. The summed E-state index contributed by atoms with van der Waals surface area (Å²) < 4.78 is 16.8. The lowest BCUT2D eigenvalue weighted by molar-refractivity contribution is -0.166. The fourth-order valence-corrected chi connectivity index (χ4v) is 7.89. The highest BCUT2D eigenvalue weighted by Crippen LogP contribution is 2.14. The van der Waals surface area contributed by atoms with Gasteiger partial charge in [-0.05, 0) is 122 Å². The summed E-state index contributed by atoms with van der Waals surface area (Å²) in [7, 11) is 0. The van der Waals surface area contributed by atoms with Crippen molar-refractivity contribution in [1.82, 2.24) is 0 Å². The van der Waals surface area contributed by atoms with Crippen LogP contribution in [0.25, 0.3) is 0 Å². The molecule has 0 heterocycles. The molecule has 78 heavy (non-hydrogen) atoms. The Morgan fingerprint density at radius 2 is 0.526 bits per heavy atom. The number of carbonyl (C=O) groups excluding carboxylic acids is 3. The molecule has 0 aromatic carbocycles. The summed E-state index contributed by atoms with van der Waals surface area (Å²) in [5.41, 5.74) is 0. The van der Waals surface area contributed by atoms with E-state index in [2.05, 4.69) is 179 Å². The number of rotatable bonds is 54. The Morgan fingerprint density at radius 3 is 0.833 bits per heavy atom. The van der Waals surface area contributed by atoms with Gasteiger partial charge in [0.2, 0.25) is 0 Å². The zero-order valence-electron chi connectivity index (χ0n) is 49.9. The van der Waals surface area contributed by atoms with Gasteiger partial charge in [-0.15, -0.1) is 0 Å². The molecule has 6 heteroatoms. The van der Waals surface area contributed by atoms with Crippen LogP contribution in [0.3, 0.4) is 0 Å². The maximum absolute atomic E-state index is 12.9. The first-order chi connectivity index (χ1) is 38.5. The third-order valence-electron chi connectivity index (χ3n) is 12.5. The third-order valence-corrected chi connectivity index (χ3v) is 12.5. The summed E-state index contributed by atoms with van der Waals surface area (Å²) in [6.07, 6.45) is 95.1. The highest BCUT2D eigenvalue weighted by atomic mass is 16.6. The highest BCUT2D eigenvalue weighted by molar-refractivity contribution is 5.71. The van der Waals surface area contributed by atoms with E-state index in [4.69, 9.17) is 14.2 Å². The van der Waals surface area contributed by atoms with Gasteiger partial charge in [0, 0.05) is 19.3 Å². The quantitative estimate of drug-likeness (QED) is 0.0261. The minimum absolute atomic E-state index is 0.128. The number of hydrogen-bond acceptors (Lipinski definition) is 6. The lowest BCUT2D eigenvalue weighted by Crippen LogP contribution is -2.30.